The lowest BCUT2D eigenvalue weighted by Crippen LogP contribution is -2.46. The van der Waals surface area contributed by atoms with Gasteiger partial charge >= 0.3 is 0 Å². The van der Waals surface area contributed by atoms with Crippen LogP contribution in [0, 0.1) is 13.8 Å². The van der Waals surface area contributed by atoms with Crippen molar-refractivity contribution >= 4 is 5.91 Å². The molecule has 6 heteroatoms. The first-order valence-electron chi connectivity index (χ1n) is 8.75. The Hall–Kier alpha value is -2.50. The number of fused-ring (bicyclic) bond motifs is 1. The third-order valence-corrected chi connectivity index (χ3v) is 5.22. The van der Waals surface area contributed by atoms with Gasteiger partial charge < -0.3 is 14.4 Å². The van der Waals surface area contributed by atoms with E-state index in [1.165, 1.54) is 5.56 Å². The van der Waals surface area contributed by atoms with Crippen LogP contribution in [0.2, 0.25) is 0 Å². The Kier molecular flexibility index (Phi) is 3.90. The van der Waals surface area contributed by atoms with Gasteiger partial charge in [-0.05, 0) is 38.8 Å². The summed E-state index contributed by atoms with van der Waals surface area (Å²) in [6, 6.07) is 7.55. The van der Waals surface area contributed by atoms with Gasteiger partial charge in [0.05, 0.1) is 11.7 Å². The molecule has 1 aromatic carbocycles. The lowest BCUT2D eigenvalue weighted by Gasteiger charge is -2.32. The van der Waals surface area contributed by atoms with Gasteiger partial charge in [0, 0.05) is 24.8 Å². The Labute approximate surface area is 147 Å². The summed E-state index contributed by atoms with van der Waals surface area (Å²) >= 11 is 0. The van der Waals surface area contributed by atoms with Crippen LogP contribution in [0.3, 0.4) is 0 Å². The van der Waals surface area contributed by atoms with E-state index in [0.717, 1.165) is 30.8 Å². The van der Waals surface area contributed by atoms with Crippen LogP contribution in [0.4, 0.5) is 0 Å². The second-order valence-corrected chi connectivity index (χ2v) is 6.76. The smallest absolute Gasteiger partial charge is 0.267 e. The number of rotatable bonds is 2. The molecule has 2 aliphatic heterocycles. The minimum Gasteiger partial charge on any atom is -0.485 e. The van der Waals surface area contributed by atoms with Gasteiger partial charge in [-0.25, -0.2) is 0 Å². The average Bonchev–Trinajstić information content (AvgIpc) is 3.18. The van der Waals surface area contributed by atoms with Gasteiger partial charge in [0.15, 0.2) is 11.5 Å². The Morgan fingerprint density at radius 1 is 1.24 bits per heavy atom. The standard InChI is InChI=1S/C19H23N3O3/c1-12-18(13(2)21(3)20-12)14-7-6-10-22(14)19(23)17-11-24-15-8-4-5-9-16(15)25-17/h4-5,8-9,14,17H,6-7,10-11H2,1-3H3/t14-,17-/m1/s1. The SMILES string of the molecule is Cc1nn(C)c(C)c1[C@H]1CCCN1C(=O)[C@H]1COc2ccccc2O1. The molecule has 3 heterocycles. The zero-order valence-corrected chi connectivity index (χ0v) is 14.9. The summed E-state index contributed by atoms with van der Waals surface area (Å²) in [6.07, 6.45) is 1.37. The number of ether oxygens (including phenoxy) is 2. The first-order valence-corrected chi connectivity index (χ1v) is 8.75. The van der Waals surface area contributed by atoms with E-state index in [4.69, 9.17) is 9.47 Å². The fourth-order valence-corrected chi connectivity index (χ4v) is 3.93. The Morgan fingerprint density at radius 2 is 2.00 bits per heavy atom. The number of aromatic nitrogens is 2. The fourth-order valence-electron chi connectivity index (χ4n) is 3.93. The number of carbonyl (C=O) groups excluding carboxylic acids is 1. The van der Waals surface area contributed by atoms with Crippen molar-refractivity contribution in [2.75, 3.05) is 13.2 Å². The van der Waals surface area contributed by atoms with Crippen molar-refractivity contribution in [3.8, 4) is 11.5 Å². The van der Waals surface area contributed by atoms with E-state index in [9.17, 15) is 4.79 Å². The lowest BCUT2D eigenvalue weighted by atomic mass is 10.0. The minimum absolute atomic E-state index is 0.000318. The van der Waals surface area contributed by atoms with Gasteiger partial charge in [-0.1, -0.05) is 12.1 Å². The molecule has 0 unspecified atom stereocenters. The van der Waals surface area contributed by atoms with E-state index in [0.29, 0.717) is 11.5 Å². The van der Waals surface area contributed by atoms with E-state index < -0.39 is 6.10 Å². The lowest BCUT2D eigenvalue weighted by molar-refractivity contribution is -0.142. The van der Waals surface area contributed by atoms with Gasteiger partial charge in [-0.15, -0.1) is 0 Å². The summed E-state index contributed by atoms with van der Waals surface area (Å²) in [4.78, 5) is 15.1. The van der Waals surface area contributed by atoms with E-state index in [-0.39, 0.29) is 18.6 Å². The Balaban J connectivity index is 1.58. The molecule has 1 amide bonds. The summed E-state index contributed by atoms with van der Waals surface area (Å²) in [5, 5.41) is 4.51. The molecule has 0 radical (unpaired) electrons. The first kappa shape index (κ1) is 16.0. The van der Waals surface area contributed by atoms with Crippen molar-refractivity contribution in [1.82, 2.24) is 14.7 Å². The van der Waals surface area contributed by atoms with Crippen LogP contribution >= 0.6 is 0 Å². The third kappa shape index (κ3) is 2.65. The molecule has 0 aliphatic carbocycles. The quantitative estimate of drug-likeness (QED) is 0.842. The molecule has 132 valence electrons. The molecule has 2 aromatic rings. The van der Waals surface area contributed by atoms with Gasteiger partial charge in [-0.3, -0.25) is 9.48 Å². The molecule has 2 atom stereocenters. The number of nitrogens with zero attached hydrogens (tertiary/aromatic N) is 3. The predicted octanol–water partition coefficient (Wildman–Crippen LogP) is 2.54. The molecule has 0 saturated carbocycles. The van der Waals surface area contributed by atoms with Crippen molar-refractivity contribution in [3.05, 3.63) is 41.2 Å². The highest BCUT2D eigenvalue weighted by Crippen LogP contribution is 2.37. The van der Waals surface area contributed by atoms with Gasteiger partial charge in [0.2, 0.25) is 6.10 Å². The van der Waals surface area contributed by atoms with Gasteiger partial charge in [0.25, 0.3) is 5.91 Å². The molecule has 6 nitrogen and oxygen atoms in total. The van der Waals surface area contributed by atoms with Crippen molar-refractivity contribution in [2.45, 2.75) is 38.8 Å². The maximum absolute atomic E-state index is 13.1. The van der Waals surface area contributed by atoms with E-state index in [2.05, 4.69) is 12.0 Å². The highest BCUT2D eigenvalue weighted by Gasteiger charge is 2.39. The second kappa shape index (κ2) is 6.10. The molecule has 1 saturated heterocycles. The van der Waals surface area contributed by atoms with Crippen molar-refractivity contribution in [3.63, 3.8) is 0 Å². The van der Waals surface area contributed by atoms with Crippen LogP contribution in [0.25, 0.3) is 0 Å². The largest absolute Gasteiger partial charge is 0.485 e. The normalized spacial score (nSPS) is 22.3. The number of aryl methyl sites for hydroxylation is 2. The summed E-state index contributed by atoms with van der Waals surface area (Å²) < 4.78 is 13.5. The third-order valence-electron chi connectivity index (χ3n) is 5.22. The number of hydrogen-bond acceptors (Lipinski definition) is 4. The molecule has 0 bridgehead atoms. The number of benzene rings is 1. The molecule has 1 aromatic heterocycles. The minimum atomic E-state index is -0.590. The summed E-state index contributed by atoms with van der Waals surface area (Å²) in [7, 11) is 1.95. The monoisotopic (exact) mass is 341 g/mol. The van der Waals surface area contributed by atoms with Crippen LogP contribution < -0.4 is 9.47 Å². The highest BCUT2D eigenvalue weighted by molar-refractivity contribution is 5.82. The summed E-state index contributed by atoms with van der Waals surface area (Å²) in [5.74, 6) is 1.33. The van der Waals surface area contributed by atoms with Crippen LogP contribution in [0.5, 0.6) is 11.5 Å². The van der Waals surface area contributed by atoms with Crippen molar-refractivity contribution in [1.29, 1.82) is 0 Å². The molecule has 1 fully saturated rings. The number of para-hydroxylation sites is 2. The number of amides is 1. The molecule has 0 N–H and O–H groups in total. The molecule has 25 heavy (non-hydrogen) atoms. The van der Waals surface area contributed by atoms with Gasteiger partial charge in [0.1, 0.15) is 6.61 Å². The Morgan fingerprint density at radius 3 is 2.72 bits per heavy atom. The van der Waals surface area contributed by atoms with E-state index in [1.807, 2.05) is 47.8 Å². The highest BCUT2D eigenvalue weighted by atomic mass is 16.6. The number of hydrogen-bond donors (Lipinski definition) is 0. The van der Waals surface area contributed by atoms with Crippen LogP contribution in [-0.2, 0) is 11.8 Å². The molecule has 2 aliphatic rings. The van der Waals surface area contributed by atoms with E-state index >= 15 is 0 Å². The molecule has 4 rings (SSSR count). The van der Waals surface area contributed by atoms with Crippen LogP contribution in [-0.4, -0.2) is 39.8 Å². The van der Waals surface area contributed by atoms with E-state index in [1.54, 1.807) is 0 Å². The topological polar surface area (TPSA) is 56.6 Å². The van der Waals surface area contributed by atoms with Gasteiger partial charge in [-0.2, -0.15) is 5.10 Å². The van der Waals surface area contributed by atoms with Crippen molar-refractivity contribution < 1.29 is 14.3 Å². The number of likely N-dealkylation sites (tertiary alicyclic amines) is 1. The first-order chi connectivity index (χ1) is 12.1. The average molecular weight is 341 g/mol. The molecular weight excluding hydrogens is 318 g/mol. The second-order valence-electron chi connectivity index (χ2n) is 6.76. The zero-order valence-electron chi connectivity index (χ0n) is 14.9. The van der Waals surface area contributed by atoms with Crippen LogP contribution in [0.15, 0.2) is 24.3 Å². The van der Waals surface area contributed by atoms with Crippen molar-refractivity contribution in [2.24, 2.45) is 7.05 Å². The number of carbonyl (C=O) groups is 1. The fraction of sp³-hybridized carbons (Fsp3) is 0.474. The Bertz CT molecular complexity index is 814. The summed E-state index contributed by atoms with van der Waals surface area (Å²) in [6.45, 7) is 5.08. The summed E-state index contributed by atoms with van der Waals surface area (Å²) in [5.41, 5.74) is 3.29. The molecule has 0 spiro atoms. The maximum atomic E-state index is 13.1. The predicted molar refractivity (Wildman–Crippen MR) is 92.7 cm³/mol. The maximum Gasteiger partial charge on any atom is 0.267 e. The van der Waals surface area contributed by atoms with Crippen LogP contribution in [0.1, 0.15) is 35.8 Å². The zero-order chi connectivity index (χ0) is 17.6. The molecular formula is C19H23N3O3.